The molecular formula is C39H72NO8P. The van der Waals surface area contributed by atoms with Gasteiger partial charge in [-0.15, -0.1) is 0 Å². The number of nitrogens with two attached hydrogens (primary N) is 1. The Morgan fingerprint density at radius 1 is 0.612 bits per heavy atom. The summed E-state index contributed by atoms with van der Waals surface area (Å²) < 4.78 is 32.6. The maximum atomic E-state index is 12.5. The van der Waals surface area contributed by atoms with E-state index in [1.807, 2.05) is 0 Å². The first kappa shape index (κ1) is 47.2. The molecule has 286 valence electrons. The van der Waals surface area contributed by atoms with Gasteiger partial charge >= 0.3 is 19.8 Å². The normalized spacial score (nSPS) is 13.8. The van der Waals surface area contributed by atoms with E-state index >= 15 is 0 Å². The lowest BCUT2D eigenvalue weighted by Gasteiger charge is -2.19. The highest BCUT2D eigenvalue weighted by Crippen LogP contribution is 2.43. The van der Waals surface area contributed by atoms with Crippen molar-refractivity contribution in [2.45, 2.75) is 174 Å². The number of carbonyl (C=O) groups is 2. The van der Waals surface area contributed by atoms with Gasteiger partial charge in [0, 0.05) is 19.4 Å². The van der Waals surface area contributed by atoms with Crippen molar-refractivity contribution in [2.75, 3.05) is 26.4 Å². The second-order valence-corrected chi connectivity index (χ2v) is 14.3. The van der Waals surface area contributed by atoms with E-state index in [1.165, 1.54) is 83.5 Å². The van der Waals surface area contributed by atoms with E-state index in [4.69, 9.17) is 24.3 Å². The minimum Gasteiger partial charge on any atom is -0.462 e. The molecule has 0 aliphatic heterocycles. The molecule has 0 heterocycles. The number of esters is 2. The standard InChI is InChI=1S/C39H72NO8P/c1-3-5-7-9-11-13-15-16-17-18-19-20-22-23-25-27-29-31-38(41)45-35-37(36-47-49(43,44)46-34-33-40)48-39(42)32-30-28-26-24-21-14-12-10-8-6-4-2/h16-17,19-20,23,25,37H,3-15,18,21-22,24,26-36,40H2,1-2H3,(H,43,44)/t37-/m1/s1. The second kappa shape index (κ2) is 36.0. The minimum atomic E-state index is -4.38. The Bertz CT molecular complexity index is 907. The molecule has 0 bridgehead atoms. The van der Waals surface area contributed by atoms with Crippen LogP contribution in [0.2, 0.25) is 0 Å². The summed E-state index contributed by atoms with van der Waals surface area (Å²) in [5, 5.41) is 0. The summed E-state index contributed by atoms with van der Waals surface area (Å²) >= 11 is 0. The molecule has 0 radical (unpaired) electrons. The number of hydrogen-bond acceptors (Lipinski definition) is 8. The van der Waals surface area contributed by atoms with E-state index in [0.29, 0.717) is 12.8 Å². The first-order valence-electron chi connectivity index (χ1n) is 19.5. The predicted octanol–water partition coefficient (Wildman–Crippen LogP) is 10.6. The highest BCUT2D eigenvalue weighted by atomic mass is 31.2. The molecule has 0 aliphatic rings. The van der Waals surface area contributed by atoms with Gasteiger partial charge in [0.2, 0.25) is 0 Å². The van der Waals surface area contributed by atoms with Gasteiger partial charge in [0.15, 0.2) is 6.10 Å². The van der Waals surface area contributed by atoms with Crippen LogP contribution in [-0.4, -0.2) is 49.3 Å². The van der Waals surface area contributed by atoms with Gasteiger partial charge in [-0.25, -0.2) is 4.57 Å². The molecule has 0 fully saturated rings. The molecule has 2 atom stereocenters. The molecule has 3 N–H and O–H groups in total. The highest BCUT2D eigenvalue weighted by Gasteiger charge is 2.25. The molecule has 1 unspecified atom stereocenters. The quantitative estimate of drug-likeness (QED) is 0.0281. The molecule has 0 spiro atoms. The maximum Gasteiger partial charge on any atom is 0.472 e. The van der Waals surface area contributed by atoms with Gasteiger partial charge in [0.1, 0.15) is 6.61 Å². The second-order valence-electron chi connectivity index (χ2n) is 12.8. The van der Waals surface area contributed by atoms with E-state index in [1.54, 1.807) is 0 Å². The number of carbonyl (C=O) groups excluding carboxylic acids is 2. The van der Waals surface area contributed by atoms with Crippen LogP contribution >= 0.6 is 7.82 Å². The number of hydrogen-bond donors (Lipinski definition) is 2. The van der Waals surface area contributed by atoms with Crippen molar-refractivity contribution in [3.8, 4) is 0 Å². The lowest BCUT2D eigenvalue weighted by atomic mass is 10.1. The van der Waals surface area contributed by atoms with Crippen molar-refractivity contribution >= 4 is 19.8 Å². The molecule has 0 rings (SSSR count). The summed E-state index contributed by atoms with van der Waals surface area (Å²) in [5.41, 5.74) is 5.32. The van der Waals surface area contributed by atoms with Crippen molar-refractivity contribution in [1.82, 2.24) is 0 Å². The summed E-state index contributed by atoms with van der Waals surface area (Å²) in [4.78, 5) is 34.7. The Hall–Kier alpha value is -1.77. The monoisotopic (exact) mass is 713 g/mol. The Balaban J connectivity index is 4.28. The number of ether oxygens (including phenoxy) is 2. The zero-order chi connectivity index (χ0) is 36.1. The van der Waals surface area contributed by atoms with Gasteiger partial charge < -0.3 is 20.1 Å². The summed E-state index contributed by atoms with van der Waals surface area (Å²) in [6.45, 7) is 3.65. The zero-order valence-corrected chi connectivity index (χ0v) is 32.1. The fourth-order valence-electron chi connectivity index (χ4n) is 5.12. The maximum absolute atomic E-state index is 12.5. The van der Waals surface area contributed by atoms with Crippen LogP contribution in [-0.2, 0) is 32.7 Å². The molecule has 0 saturated carbocycles. The van der Waals surface area contributed by atoms with Crippen LogP contribution in [0.15, 0.2) is 36.5 Å². The first-order chi connectivity index (χ1) is 23.8. The third kappa shape index (κ3) is 35.8. The third-order valence-electron chi connectivity index (χ3n) is 8.03. The van der Waals surface area contributed by atoms with Gasteiger partial charge in [0.25, 0.3) is 0 Å². The molecule has 10 heteroatoms. The largest absolute Gasteiger partial charge is 0.472 e. The molecule has 9 nitrogen and oxygen atoms in total. The summed E-state index contributed by atoms with van der Waals surface area (Å²) in [7, 11) is -4.38. The topological polar surface area (TPSA) is 134 Å². The third-order valence-corrected chi connectivity index (χ3v) is 9.01. The number of phosphoric acid groups is 1. The Morgan fingerprint density at radius 3 is 1.63 bits per heavy atom. The lowest BCUT2D eigenvalue weighted by Crippen LogP contribution is -2.29. The van der Waals surface area contributed by atoms with Gasteiger partial charge in [-0.3, -0.25) is 18.6 Å². The smallest absolute Gasteiger partial charge is 0.462 e. The van der Waals surface area contributed by atoms with Crippen LogP contribution in [0.25, 0.3) is 0 Å². The molecule has 49 heavy (non-hydrogen) atoms. The predicted molar refractivity (Wildman–Crippen MR) is 201 cm³/mol. The van der Waals surface area contributed by atoms with E-state index in [2.05, 4.69) is 50.3 Å². The van der Waals surface area contributed by atoms with E-state index in [9.17, 15) is 19.0 Å². The van der Waals surface area contributed by atoms with Crippen molar-refractivity contribution in [3.05, 3.63) is 36.5 Å². The minimum absolute atomic E-state index is 0.0474. The molecule has 0 aliphatic carbocycles. The SMILES string of the molecule is CCCCCCCCC=CCC=CCC=CCCCC(=O)OC[C@H](COP(=O)(O)OCCN)OC(=O)CCCCCCCCCCCCC. The van der Waals surface area contributed by atoms with Crippen LogP contribution in [0.1, 0.15) is 168 Å². The zero-order valence-electron chi connectivity index (χ0n) is 31.2. The van der Waals surface area contributed by atoms with E-state index in [-0.39, 0.29) is 32.6 Å². The molecular weight excluding hydrogens is 641 g/mol. The van der Waals surface area contributed by atoms with Crippen LogP contribution in [0, 0.1) is 0 Å². The lowest BCUT2D eigenvalue weighted by molar-refractivity contribution is -0.161. The number of rotatable bonds is 36. The van der Waals surface area contributed by atoms with Gasteiger partial charge in [-0.1, -0.05) is 147 Å². The van der Waals surface area contributed by atoms with Gasteiger partial charge in [0.05, 0.1) is 13.2 Å². The molecule has 0 aromatic heterocycles. The number of phosphoric ester groups is 1. The van der Waals surface area contributed by atoms with Gasteiger partial charge in [-0.05, 0) is 44.9 Å². The molecule has 0 aromatic rings. The number of unbranched alkanes of at least 4 members (excludes halogenated alkanes) is 17. The first-order valence-corrected chi connectivity index (χ1v) is 21.0. The average Bonchev–Trinajstić information content (AvgIpc) is 3.08. The fraction of sp³-hybridized carbons (Fsp3) is 0.795. The van der Waals surface area contributed by atoms with Crippen LogP contribution < -0.4 is 5.73 Å². The summed E-state index contributed by atoms with van der Waals surface area (Å²) in [5.74, 6) is -0.890. The number of allylic oxidation sites excluding steroid dienone is 6. The van der Waals surface area contributed by atoms with Crippen molar-refractivity contribution < 1.29 is 37.6 Å². The van der Waals surface area contributed by atoms with Gasteiger partial charge in [-0.2, -0.15) is 0 Å². The Kier molecular flexibility index (Phi) is 34.7. The molecule has 0 saturated heterocycles. The van der Waals surface area contributed by atoms with Crippen molar-refractivity contribution in [3.63, 3.8) is 0 Å². The van der Waals surface area contributed by atoms with Crippen LogP contribution in [0.3, 0.4) is 0 Å². The molecule has 0 aromatic carbocycles. The fourth-order valence-corrected chi connectivity index (χ4v) is 5.89. The van der Waals surface area contributed by atoms with Crippen molar-refractivity contribution in [1.29, 1.82) is 0 Å². The summed E-state index contributed by atoms with van der Waals surface area (Å²) in [6, 6.07) is 0. The highest BCUT2D eigenvalue weighted by molar-refractivity contribution is 7.47. The Morgan fingerprint density at radius 2 is 1.08 bits per heavy atom. The summed E-state index contributed by atoms with van der Waals surface area (Å²) in [6.07, 6.45) is 37.5. The van der Waals surface area contributed by atoms with Crippen LogP contribution in [0.4, 0.5) is 0 Å². The van der Waals surface area contributed by atoms with E-state index < -0.39 is 32.5 Å². The molecule has 0 amide bonds. The van der Waals surface area contributed by atoms with E-state index in [0.717, 1.165) is 44.9 Å². The Labute approximate surface area is 299 Å². The average molecular weight is 714 g/mol. The van der Waals surface area contributed by atoms with Crippen molar-refractivity contribution in [2.24, 2.45) is 5.73 Å². The van der Waals surface area contributed by atoms with Crippen LogP contribution in [0.5, 0.6) is 0 Å².